The molecule has 0 aliphatic heterocycles. The number of amides is 2. The number of carbonyl (C=O) groups is 2. The Balaban J connectivity index is 3.37. The van der Waals surface area contributed by atoms with Gasteiger partial charge in [0.15, 0.2) is 0 Å². The van der Waals surface area contributed by atoms with Crippen molar-refractivity contribution in [2.45, 2.75) is 38.6 Å². The van der Waals surface area contributed by atoms with Gasteiger partial charge in [-0.15, -0.1) is 0 Å². The van der Waals surface area contributed by atoms with Gasteiger partial charge in [0.1, 0.15) is 0 Å². The number of nitrogens with two attached hydrogens (primary N) is 1. The molecular weight excluding hydrogens is 194 g/mol. The van der Waals surface area contributed by atoms with E-state index in [9.17, 15) is 9.59 Å². The molecule has 0 aromatic rings. The number of rotatable bonds is 7. The lowest BCUT2D eigenvalue weighted by atomic mass is 10.1. The van der Waals surface area contributed by atoms with Gasteiger partial charge in [-0.25, -0.2) is 0 Å². The maximum absolute atomic E-state index is 11.2. The van der Waals surface area contributed by atoms with Crippen LogP contribution in [0.15, 0.2) is 0 Å². The lowest BCUT2D eigenvalue weighted by molar-refractivity contribution is -0.122. The molecule has 0 saturated carbocycles. The fraction of sp³-hybridized carbons (Fsp3) is 0.800. The van der Waals surface area contributed by atoms with E-state index in [0.717, 1.165) is 12.8 Å². The van der Waals surface area contributed by atoms with Gasteiger partial charge in [0.05, 0.1) is 0 Å². The van der Waals surface area contributed by atoms with Crippen molar-refractivity contribution in [1.82, 2.24) is 10.6 Å². The van der Waals surface area contributed by atoms with Gasteiger partial charge in [-0.1, -0.05) is 0 Å². The van der Waals surface area contributed by atoms with E-state index in [2.05, 4.69) is 10.6 Å². The third-order valence-corrected chi connectivity index (χ3v) is 2.02. The van der Waals surface area contributed by atoms with Crippen LogP contribution >= 0.6 is 0 Å². The Labute approximate surface area is 90.8 Å². The lowest BCUT2D eigenvalue weighted by Crippen LogP contribution is -2.29. The van der Waals surface area contributed by atoms with E-state index in [1.165, 1.54) is 0 Å². The second kappa shape index (κ2) is 8.23. The van der Waals surface area contributed by atoms with Crippen molar-refractivity contribution in [3.8, 4) is 0 Å². The molecule has 2 amide bonds. The molecule has 0 heterocycles. The summed E-state index contributed by atoms with van der Waals surface area (Å²) in [6.45, 7) is 2.32. The Morgan fingerprint density at radius 2 is 1.93 bits per heavy atom. The lowest BCUT2D eigenvalue weighted by Gasteiger charge is -2.06. The highest BCUT2D eigenvalue weighted by molar-refractivity contribution is 5.78. The first kappa shape index (κ1) is 13.9. The Morgan fingerprint density at radius 3 is 2.47 bits per heavy atom. The van der Waals surface area contributed by atoms with Gasteiger partial charge in [-0.2, -0.15) is 0 Å². The summed E-state index contributed by atoms with van der Waals surface area (Å²) in [5.74, 6) is -0.0783. The highest BCUT2D eigenvalue weighted by Crippen LogP contribution is 1.97. The van der Waals surface area contributed by atoms with Gasteiger partial charge < -0.3 is 16.4 Å². The van der Waals surface area contributed by atoms with Gasteiger partial charge in [0.2, 0.25) is 11.8 Å². The molecule has 0 spiro atoms. The zero-order chi connectivity index (χ0) is 11.7. The van der Waals surface area contributed by atoms with Crippen LogP contribution in [-0.4, -0.2) is 31.4 Å². The molecule has 0 radical (unpaired) electrons. The van der Waals surface area contributed by atoms with E-state index in [1.807, 2.05) is 6.92 Å². The summed E-state index contributed by atoms with van der Waals surface area (Å²) in [5, 5.41) is 5.17. The normalized spacial score (nSPS) is 11.9. The summed E-state index contributed by atoms with van der Waals surface area (Å²) < 4.78 is 0. The topological polar surface area (TPSA) is 84.2 Å². The first-order valence-electron chi connectivity index (χ1n) is 5.29. The molecular formula is C10H21N3O2. The molecule has 15 heavy (non-hydrogen) atoms. The predicted octanol–water partition coefficient (Wildman–Crippen LogP) is -0.244. The molecule has 88 valence electrons. The fourth-order valence-electron chi connectivity index (χ4n) is 1.11. The second-order valence-electron chi connectivity index (χ2n) is 3.64. The van der Waals surface area contributed by atoms with Crippen molar-refractivity contribution in [1.29, 1.82) is 0 Å². The van der Waals surface area contributed by atoms with Crippen molar-refractivity contribution in [2.75, 3.05) is 13.6 Å². The van der Waals surface area contributed by atoms with E-state index < -0.39 is 0 Å². The maximum Gasteiger partial charge on any atom is 0.221 e. The molecule has 0 bridgehead atoms. The molecule has 0 fully saturated rings. The minimum absolute atomic E-state index is 0.0143. The van der Waals surface area contributed by atoms with Crippen LogP contribution in [0.2, 0.25) is 0 Å². The van der Waals surface area contributed by atoms with Crippen molar-refractivity contribution >= 4 is 11.8 Å². The van der Waals surface area contributed by atoms with E-state index in [4.69, 9.17) is 5.73 Å². The van der Waals surface area contributed by atoms with Gasteiger partial charge in [0, 0.05) is 32.5 Å². The van der Waals surface area contributed by atoms with Crippen molar-refractivity contribution < 1.29 is 9.59 Å². The molecule has 0 aromatic carbocycles. The molecule has 0 aromatic heterocycles. The highest BCUT2D eigenvalue weighted by atomic mass is 16.2. The maximum atomic E-state index is 11.2. The number of hydrogen-bond donors (Lipinski definition) is 3. The van der Waals surface area contributed by atoms with Gasteiger partial charge in [-0.3, -0.25) is 9.59 Å². The smallest absolute Gasteiger partial charge is 0.221 e. The molecule has 5 nitrogen and oxygen atoms in total. The largest absolute Gasteiger partial charge is 0.359 e. The average molecular weight is 215 g/mol. The first-order valence-corrected chi connectivity index (χ1v) is 5.29. The van der Waals surface area contributed by atoms with E-state index in [-0.39, 0.29) is 17.9 Å². The summed E-state index contributed by atoms with van der Waals surface area (Å²) in [5.41, 5.74) is 5.55. The molecule has 0 aliphatic rings. The molecule has 4 N–H and O–H groups in total. The number of carbonyl (C=O) groups excluding carboxylic acids is 2. The average Bonchev–Trinajstić information content (AvgIpc) is 2.17. The minimum atomic E-state index is -0.0640. The Kier molecular flexibility index (Phi) is 7.62. The zero-order valence-corrected chi connectivity index (χ0v) is 9.51. The molecule has 0 aliphatic carbocycles. The third kappa shape index (κ3) is 9.21. The summed E-state index contributed by atoms with van der Waals surface area (Å²) in [6.07, 6.45) is 2.46. The molecule has 1 atom stereocenters. The number of nitrogens with one attached hydrogen (secondary N) is 2. The zero-order valence-electron chi connectivity index (χ0n) is 9.51. The van der Waals surface area contributed by atoms with E-state index in [1.54, 1.807) is 7.05 Å². The quantitative estimate of drug-likeness (QED) is 0.548. The van der Waals surface area contributed by atoms with Crippen LogP contribution in [0.4, 0.5) is 0 Å². The van der Waals surface area contributed by atoms with Crippen molar-refractivity contribution in [2.24, 2.45) is 5.73 Å². The van der Waals surface area contributed by atoms with Gasteiger partial charge in [-0.05, 0) is 19.8 Å². The van der Waals surface area contributed by atoms with Crippen LogP contribution in [0.25, 0.3) is 0 Å². The Morgan fingerprint density at radius 1 is 1.27 bits per heavy atom. The van der Waals surface area contributed by atoms with E-state index in [0.29, 0.717) is 19.4 Å². The van der Waals surface area contributed by atoms with E-state index >= 15 is 0 Å². The molecule has 0 saturated heterocycles. The third-order valence-electron chi connectivity index (χ3n) is 2.02. The van der Waals surface area contributed by atoms with Crippen LogP contribution < -0.4 is 16.4 Å². The predicted molar refractivity (Wildman–Crippen MR) is 59.2 cm³/mol. The Hall–Kier alpha value is -1.10. The molecule has 0 rings (SSSR count). The van der Waals surface area contributed by atoms with Crippen LogP contribution in [0.1, 0.15) is 32.6 Å². The second-order valence-corrected chi connectivity index (χ2v) is 3.64. The van der Waals surface area contributed by atoms with Crippen molar-refractivity contribution in [3.05, 3.63) is 0 Å². The standard InChI is InChI=1S/C10H21N3O2/c1-8(11)4-3-5-10(15)13-7-6-9(14)12-2/h8H,3-7,11H2,1-2H3,(H,12,14)(H,13,15). The van der Waals surface area contributed by atoms with Gasteiger partial charge >= 0.3 is 0 Å². The number of hydrogen-bond acceptors (Lipinski definition) is 3. The fourth-order valence-corrected chi connectivity index (χ4v) is 1.11. The minimum Gasteiger partial charge on any atom is -0.359 e. The molecule has 5 heteroatoms. The first-order chi connectivity index (χ1) is 7.06. The van der Waals surface area contributed by atoms with Crippen LogP contribution in [0, 0.1) is 0 Å². The van der Waals surface area contributed by atoms with Gasteiger partial charge in [0.25, 0.3) is 0 Å². The van der Waals surface area contributed by atoms with Crippen LogP contribution in [-0.2, 0) is 9.59 Å². The summed E-state index contributed by atoms with van der Waals surface area (Å²) in [4.78, 5) is 22.0. The van der Waals surface area contributed by atoms with Crippen LogP contribution in [0.5, 0.6) is 0 Å². The Bertz CT molecular complexity index is 205. The monoisotopic (exact) mass is 215 g/mol. The highest BCUT2D eigenvalue weighted by Gasteiger charge is 2.03. The van der Waals surface area contributed by atoms with Crippen LogP contribution in [0.3, 0.4) is 0 Å². The summed E-state index contributed by atoms with van der Waals surface area (Å²) >= 11 is 0. The SMILES string of the molecule is CNC(=O)CCNC(=O)CCCC(C)N. The summed E-state index contributed by atoms with van der Waals surface area (Å²) in [7, 11) is 1.58. The summed E-state index contributed by atoms with van der Waals surface area (Å²) in [6, 6.07) is 0.142. The molecule has 1 unspecified atom stereocenters. The van der Waals surface area contributed by atoms with Crippen molar-refractivity contribution in [3.63, 3.8) is 0 Å².